The number of aromatic nitrogens is 2. The number of halogens is 1. The fraction of sp³-hybridized carbons (Fsp3) is 0.550. The van der Waals surface area contributed by atoms with Crippen molar-refractivity contribution in [3.8, 4) is 0 Å². The molecule has 2 aromatic rings. The van der Waals surface area contributed by atoms with Gasteiger partial charge in [0.15, 0.2) is 5.82 Å². The van der Waals surface area contributed by atoms with Gasteiger partial charge in [-0.15, -0.1) is 0 Å². The Morgan fingerprint density at radius 3 is 2.69 bits per heavy atom. The summed E-state index contributed by atoms with van der Waals surface area (Å²) in [7, 11) is 0. The van der Waals surface area contributed by atoms with Crippen LogP contribution < -0.4 is 0 Å². The molecule has 138 valence electrons. The second-order valence-corrected chi connectivity index (χ2v) is 7.45. The third-order valence-corrected chi connectivity index (χ3v) is 5.45. The Hall–Kier alpha value is -2.24. The molecule has 2 fully saturated rings. The summed E-state index contributed by atoms with van der Waals surface area (Å²) in [6.07, 6.45) is 6.31. The van der Waals surface area contributed by atoms with Crippen LogP contribution in [0.5, 0.6) is 0 Å². The van der Waals surface area contributed by atoms with E-state index in [1.54, 1.807) is 18.2 Å². The van der Waals surface area contributed by atoms with Gasteiger partial charge in [-0.05, 0) is 49.7 Å². The third-order valence-electron chi connectivity index (χ3n) is 5.45. The Balaban J connectivity index is 1.22. The van der Waals surface area contributed by atoms with Gasteiger partial charge < -0.3 is 9.42 Å². The Bertz CT molecular complexity index is 764. The number of nitrogens with zero attached hydrogens (tertiary/aromatic N) is 3. The maximum absolute atomic E-state index is 13.7. The number of likely N-dealkylation sites (tertiary alicyclic amines) is 1. The van der Waals surface area contributed by atoms with Crippen molar-refractivity contribution in [2.75, 3.05) is 13.1 Å². The van der Waals surface area contributed by atoms with Crippen LogP contribution in [0.2, 0.25) is 0 Å². The zero-order chi connectivity index (χ0) is 17.9. The Labute approximate surface area is 152 Å². The largest absolute Gasteiger partial charge is 0.342 e. The van der Waals surface area contributed by atoms with Gasteiger partial charge in [0, 0.05) is 25.4 Å². The van der Waals surface area contributed by atoms with Crippen molar-refractivity contribution >= 4 is 5.91 Å². The highest BCUT2D eigenvalue weighted by atomic mass is 19.1. The smallest absolute Gasteiger partial charge is 0.229 e. The highest BCUT2D eigenvalue weighted by Crippen LogP contribution is 2.38. The zero-order valence-electron chi connectivity index (χ0n) is 14.9. The number of carbonyl (C=O) groups excluding carboxylic acids is 1. The van der Waals surface area contributed by atoms with Crippen molar-refractivity contribution < 1.29 is 13.7 Å². The Kier molecular flexibility index (Phi) is 5.00. The van der Waals surface area contributed by atoms with Gasteiger partial charge in [0.2, 0.25) is 11.8 Å². The molecule has 5 nitrogen and oxygen atoms in total. The lowest BCUT2D eigenvalue weighted by Crippen LogP contribution is -2.39. The van der Waals surface area contributed by atoms with Gasteiger partial charge in [-0.25, -0.2) is 4.39 Å². The summed E-state index contributed by atoms with van der Waals surface area (Å²) < 4.78 is 19.0. The van der Waals surface area contributed by atoms with E-state index in [1.807, 2.05) is 4.90 Å². The normalized spacial score (nSPS) is 18.3. The first-order chi connectivity index (χ1) is 12.7. The van der Waals surface area contributed by atoms with Crippen molar-refractivity contribution in [1.82, 2.24) is 15.0 Å². The van der Waals surface area contributed by atoms with Crippen LogP contribution >= 0.6 is 0 Å². The second kappa shape index (κ2) is 7.56. The first-order valence-corrected chi connectivity index (χ1v) is 9.52. The van der Waals surface area contributed by atoms with Gasteiger partial charge in [-0.2, -0.15) is 4.98 Å². The summed E-state index contributed by atoms with van der Waals surface area (Å²) in [5.74, 6) is 2.40. The standard InChI is InChI=1S/C20H24FN3O2/c21-17-4-2-1-3-16(17)13-19(25)24-11-9-14(10-12-24)5-8-18-22-20(26-23-18)15-6-7-15/h1-4,14-15H,5-13H2. The number of benzene rings is 1. The molecule has 1 aromatic carbocycles. The molecule has 0 atom stereocenters. The lowest BCUT2D eigenvalue weighted by atomic mass is 9.92. The van der Waals surface area contributed by atoms with Gasteiger partial charge in [0.25, 0.3) is 0 Å². The molecule has 6 heteroatoms. The molecule has 2 heterocycles. The molecule has 1 aromatic heterocycles. The van der Waals surface area contributed by atoms with Crippen LogP contribution in [-0.2, 0) is 17.6 Å². The summed E-state index contributed by atoms with van der Waals surface area (Å²) in [6, 6.07) is 6.50. The molecule has 0 spiro atoms. The van der Waals surface area contributed by atoms with Gasteiger partial charge in [-0.3, -0.25) is 4.79 Å². The molecular formula is C20H24FN3O2. The van der Waals surface area contributed by atoms with E-state index in [4.69, 9.17) is 4.52 Å². The first-order valence-electron chi connectivity index (χ1n) is 9.52. The predicted octanol–water partition coefficient (Wildman–Crippen LogP) is 3.50. The molecule has 0 unspecified atom stereocenters. The summed E-state index contributed by atoms with van der Waals surface area (Å²) in [5.41, 5.74) is 0.475. The highest BCUT2D eigenvalue weighted by Gasteiger charge is 2.30. The van der Waals surface area contributed by atoms with Crippen molar-refractivity contribution in [2.45, 2.75) is 50.9 Å². The number of hydrogen-bond donors (Lipinski definition) is 0. The zero-order valence-corrected chi connectivity index (χ0v) is 14.9. The second-order valence-electron chi connectivity index (χ2n) is 7.45. The van der Waals surface area contributed by atoms with E-state index in [0.29, 0.717) is 17.4 Å². The highest BCUT2D eigenvalue weighted by molar-refractivity contribution is 5.78. The first kappa shape index (κ1) is 17.2. The van der Waals surface area contributed by atoms with E-state index in [9.17, 15) is 9.18 Å². The maximum Gasteiger partial charge on any atom is 0.229 e. The van der Waals surface area contributed by atoms with Crippen molar-refractivity contribution in [1.29, 1.82) is 0 Å². The van der Waals surface area contributed by atoms with Gasteiger partial charge in [-0.1, -0.05) is 23.4 Å². The molecule has 0 N–H and O–H groups in total. The summed E-state index contributed by atoms with van der Waals surface area (Å²) in [4.78, 5) is 18.7. The van der Waals surface area contributed by atoms with Crippen LogP contribution in [0.3, 0.4) is 0 Å². The summed E-state index contributed by atoms with van der Waals surface area (Å²) in [5, 5.41) is 4.07. The van der Waals surface area contributed by atoms with Gasteiger partial charge in [0.05, 0.1) is 6.42 Å². The fourth-order valence-electron chi connectivity index (χ4n) is 3.59. The van der Waals surface area contributed by atoms with Crippen LogP contribution in [-0.4, -0.2) is 34.0 Å². The molecule has 1 saturated carbocycles. The number of aryl methyl sites for hydroxylation is 1. The minimum absolute atomic E-state index is 0.0146. The minimum atomic E-state index is -0.304. The summed E-state index contributed by atoms with van der Waals surface area (Å²) >= 11 is 0. The van der Waals surface area contributed by atoms with Crippen molar-refractivity contribution in [3.05, 3.63) is 47.4 Å². The molecule has 26 heavy (non-hydrogen) atoms. The van der Waals surface area contributed by atoms with E-state index >= 15 is 0 Å². The SMILES string of the molecule is O=C(Cc1ccccc1F)N1CCC(CCc2noc(C3CC3)n2)CC1. The number of hydrogen-bond acceptors (Lipinski definition) is 4. The van der Waals surface area contributed by atoms with Crippen LogP contribution in [0, 0.1) is 11.7 Å². The van der Waals surface area contributed by atoms with Crippen LogP contribution in [0.15, 0.2) is 28.8 Å². The molecule has 0 radical (unpaired) electrons. The topological polar surface area (TPSA) is 59.2 Å². The van der Waals surface area contributed by atoms with E-state index < -0.39 is 0 Å². The molecule has 1 saturated heterocycles. The van der Waals surface area contributed by atoms with Crippen LogP contribution in [0.25, 0.3) is 0 Å². The monoisotopic (exact) mass is 357 g/mol. The predicted molar refractivity (Wildman–Crippen MR) is 94.0 cm³/mol. The number of carbonyl (C=O) groups is 1. The van der Waals surface area contributed by atoms with Crippen molar-refractivity contribution in [2.24, 2.45) is 5.92 Å². The maximum atomic E-state index is 13.7. The summed E-state index contributed by atoms with van der Waals surface area (Å²) in [6.45, 7) is 1.50. The van der Waals surface area contributed by atoms with Crippen LogP contribution in [0.4, 0.5) is 4.39 Å². The van der Waals surface area contributed by atoms with Gasteiger partial charge in [0.1, 0.15) is 5.82 Å². The lowest BCUT2D eigenvalue weighted by Gasteiger charge is -2.32. The molecular weight excluding hydrogens is 333 g/mol. The Morgan fingerprint density at radius 1 is 1.19 bits per heavy atom. The third kappa shape index (κ3) is 4.11. The molecule has 0 bridgehead atoms. The molecule has 1 amide bonds. The average molecular weight is 357 g/mol. The lowest BCUT2D eigenvalue weighted by molar-refractivity contribution is -0.131. The fourth-order valence-corrected chi connectivity index (χ4v) is 3.59. The van der Waals surface area contributed by atoms with E-state index in [1.165, 1.54) is 18.9 Å². The minimum Gasteiger partial charge on any atom is -0.342 e. The van der Waals surface area contributed by atoms with Gasteiger partial charge >= 0.3 is 0 Å². The van der Waals surface area contributed by atoms with E-state index in [0.717, 1.165) is 50.5 Å². The number of amides is 1. The number of piperidine rings is 1. The molecule has 2 aliphatic rings. The molecule has 4 rings (SSSR count). The van der Waals surface area contributed by atoms with E-state index in [-0.39, 0.29) is 18.1 Å². The molecule has 1 aliphatic carbocycles. The number of rotatable bonds is 6. The van der Waals surface area contributed by atoms with E-state index in [2.05, 4.69) is 10.1 Å². The Morgan fingerprint density at radius 2 is 1.96 bits per heavy atom. The van der Waals surface area contributed by atoms with Crippen LogP contribution in [0.1, 0.15) is 55.3 Å². The quantitative estimate of drug-likeness (QED) is 0.794. The van der Waals surface area contributed by atoms with Crippen molar-refractivity contribution in [3.63, 3.8) is 0 Å². The molecule has 1 aliphatic heterocycles. The average Bonchev–Trinajstić information content (AvgIpc) is 3.40.